The van der Waals surface area contributed by atoms with Crippen molar-refractivity contribution in [3.63, 3.8) is 0 Å². The smallest absolute Gasteiger partial charge is 0.184 e. The molecule has 0 fully saturated rings. The molecule has 0 saturated heterocycles. The molecule has 0 aromatic heterocycles. The molecule has 0 bridgehead atoms. The van der Waals surface area contributed by atoms with Gasteiger partial charge in [-0.15, -0.1) is 0 Å². The molecule has 3 nitrogen and oxygen atoms in total. The van der Waals surface area contributed by atoms with Crippen LogP contribution in [0.3, 0.4) is 0 Å². The lowest BCUT2D eigenvalue weighted by Gasteiger charge is -2.16. The van der Waals surface area contributed by atoms with Crippen LogP contribution in [0.5, 0.6) is 11.5 Å². The van der Waals surface area contributed by atoms with Gasteiger partial charge in [0, 0.05) is 29.3 Å². The molecule has 0 unspecified atom stereocenters. The Morgan fingerprint density at radius 2 is 1.55 bits per heavy atom. The fraction of sp³-hybridized carbons (Fsp3) is 0.200. The summed E-state index contributed by atoms with van der Waals surface area (Å²) in [4.78, 5) is 0. The molecule has 2 aromatic rings. The maximum absolute atomic E-state index is 5.84. The minimum Gasteiger partial charge on any atom is -0.457 e. The third-order valence-corrected chi connectivity index (χ3v) is 3.64. The molecule has 0 radical (unpaired) electrons. The van der Waals surface area contributed by atoms with Gasteiger partial charge < -0.3 is 14.2 Å². The summed E-state index contributed by atoms with van der Waals surface area (Å²) in [6.45, 7) is 0. The highest BCUT2D eigenvalue weighted by molar-refractivity contribution is 9.10. The monoisotopic (exact) mass is 356 g/mol. The summed E-state index contributed by atoms with van der Waals surface area (Å²) in [7, 11) is 3.19. The van der Waals surface area contributed by atoms with E-state index in [4.69, 9.17) is 25.8 Å². The van der Waals surface area contributed by atoms with E-state index in [1.54, 1.807) is 26.4 Å². The van der Waals surface area contributed by atoms with Gasteiger partial charge in [-0.3, -0.25) is 0 Å². The Hall–Kier alpha value is -1.07. The van der Waals surface area contributed by atoms with Gasteiger partial charge in [-0.25, -0.2) is 0 Å². The van der Waals surface area contributed by atoms with Gasteiger partial charge >= 0.3 is 0 Å². The third kappa shape index (κ3) is 3.73. The van der Waals surface area contributed by atoms with Crippen LogP contribution >= 0.6 is 27.5 Å². The van der Waals surface area contributed by atoms with Crippen molar-refractivity contribution < 1.29 is 14.2 Å². The Labute approximate surface area is 131 Å². The number of benzene rings is 2. The predicted octanol–water partition coefficient (Wildman–Crippen LogP) is 5.19. The summed E-state index contributed by atoms with van der Waals surface area (Å²) in [6, 6.07) is 12.8. The molecular formula is C15H14BrClO3. The first kappa shape index (κ1) is 15.3. The SMILES string of the molecule is COC(OC)c1ccc(Oc2ccc(Cl)cc2)cc1Br. The molecule has 5 heteroatoms. The van der Waals surface area contributed by atoms with E-state index < -0.39 is 6.29 Å². The Morgan fingerprint density at radius 1 is 0.950 bits per heavy atom. The molecule has 0 amide bonds. The Bertz CT molecular complexity index is 568. The van der Waals surface area contributed by atoms with E-state index in [-0.39, 0.29) is 0 Å². The molecule has 0 saturated carbocycles. The van der Waals surface area contributed by atoms with Crippen molar-refractivity contribution in [2.45, 2.75) is 6.29 Å². The van der Waals surface area contributed by atoms with Crippen LogP contribution in [0.2, 0.25) is 5.02 Å². The van der Waals surface area contributed by atoms with Crippen molar-refractivity contribution in [1.82, 2.24) is 0 Å². The normalized spacial score (nSPS) is 10.8. The van der Waals surface area contributed by atoms with E-state index in [0.29, 0.717) is 10.8 Å². The molecular weight excluding hydrogens is 344 g/mol. The Kier molecular flexibility index (Phi) is 5.43. The fourth-order valence-corrected chi connectivity index (χ4v) is 2.42. The molecule has 106 valence electrons. The van der Waals surface area contributed by atoms with Gasteiger partial charge in [-0.2, -0.15) is 0 Å². The molecule has 0 atom stereocenters. The van der Waals surface area contributed by atoms with Crippen LogP contribution in [-0.4, -0.2) is 14.2 Å². The zero-order valence-corrected chi connectivity index (χ0v) is 13.4. The first-order chi connectivity index (χ1) is 9.63. The van der Waals surface area contributed by atoms with Crippen molar-refractivity contribution in [2.75, 3.05) is 14.2 Å². The highest BCUT2D eigenvalue weighted by atomic mass is 79.9. The average Bonchev–Trinajstić information content (AvgIpc) is 2.45. The summed E-state index contributed by atoms with van der Waals surface area (Å²) in [5.41, 5.74) is 0.901. The molecule has 2 aromatic carbocycles. The lowest BCUT2D eigenvalue weighted by atomic mass is 10.2. The van der Waals surface area contributed by atoms with E-state index in [9.17, 15) is 0 Å². The molecule has 2 rings (SSSR count). The highest BCUT2D eigenvalue weighted by Gasteiger charge is 2.13. The van der Waals surface area contributed by atoms with Crippen molar-refractivity contribution in [1.29, 1.82) is 0 Å². The van der Waals surface area contributed by atoms with Crippen LogP contribution in [-0.2, 0) is 9.47 Å². The molecule has 0 spiro atoms. The summed E-state index contributed by atoms with van der Waals surface area (Å²) in [5, 5.41) is 0.678. The standard InChI is InChI=1S/C15H14BrClO3/c1-18-15(19-2)13-8-7-12(9-14(13)16)20-11-5-3-10(17)4-6-11/h3-9,15H,1-2H3. The number of hydrogen-bond acceptors (Lipinski definition) is 3. The van der Waals surface area contributed by atoms with E-state index >= 15 is 0 Å². The molecule has 0 heterocycles. The van der Waals surface area contributed by atoms with Crippen LogP contribution in [0.25, 0.3) is 0 Å². The maximum atomic E-state index is 5.84. The van der Waals surface area contributed by atoms with Crippen molar-refractivity contribution in [3.05, 3.63) is 57.5 Å². The number of ether oxygens (including phenoxy) is 3. The zero-order valence-electron chi connectivity index (χ0n) is 11.1. The molecule has 0 aliphatic heterocycles. The van der Waals surface area contributed by atoms with Gasteiger partial charge in [0.05, 0.1) is 0 Å². The molecule has 0 aliphatic carbocycles. The summed E-state index contributed by atoms with van der Waals surface area (Å²) in [5.74, 6) is 1.44. The lowest BCUT2D eigenvalue weighted by molar-refractivity contribution is -0.106. The van der Waals surface area contributed by atoms with Crippen molar-refractivity contribution >= 4 is 27.5 Å². The average molecular weight is 358 g/mol. The summed E-state index contributed by atoms with van der Waals surface area (Å²) >= 11 is 9.33. The van der Waals surface area contributed by atoms with Crippen LogP contribution in [0, 0.1) is 0 Å². The number of hydrogen-bond donors (Lipinski definition) is 0. The number of halogens is 2. The van der Waals surface area contributed by atoms with Gasteiger partial charge in [0.25, 0.3) is 0 Å². The zero-order chi connectivity index (χ0) is 14.5. The summed E-state index contributed by atoms with van der Waals surface area (Å²) < 4.78 is 17.1. The van der Waals surface area contributed by atoms with Crippen LogP contribution in [0.15, 0.2) is 46.9 Å². The van der Waals surface area contributed by atoms with Gasteiger partial charge in [-0.05, 0) is 42.5 Å². The fourth-order valence-electron chi connectivity index (χ4n) is 1.75. The van der Waals surface area contributed by atoms with E-state index in [1.807, 2.05) is 30.3 Å². The molecule has 0 aliphatic rings. The van der Waals surface area contributed by atoms with Gasteiger partial charge in [0.15, 0.2) is 6.29 Å². The van der Waals surface area contributed by atoms with E-state index in [1.165, 1.54) is 0 Å². The van der Waals surface area contributed by atoms with Crippen molar-refractivity contribution in [3.8, 4) is 11.5 Å². The first-order valence-corrected chi connectivity index (χ1v) is 7.09. The second-order valence-corrected chi connectivity index (χ2v) is 5.33. The third-order valence-electron chi connectivity index (χ3n) is 2.70. The van der Waals surface area contributed by atoms with Gasteiger partial charge in [-0.1, -0.05) is 27.5 Å². The topological polar surface area (TPSA) is 27.7 Å². The Morgan fingerprint density at radius 3 is 2.10 bits per heavy atom. The molecule has 20 heavy (non-hydrogen) atoms. The quantitative estimate of drug-likeness (QED) is 0.690. The van der Waals surface area contributed by atoms with Crippen molar-refractivity contribution in [2.24, 2.45) is 0 Å². The second kappa shape index (κ2) is 7.09. The number of rotatable bonds is 5. The molecule has 0 N–H and O–H groups in total. The van der Waals surface area contributed by atoms with Gasteiger partial charge in [0.2, 0.25) is 0 Å². The predicted molar refractivity (Wildman–Crippen MR) is 82.4 cm³/mol. The first-order valence-electron chi connectivity index (χ1n) is 5.92. The van der Waals surface area contributed by atoms with Crippen LogP contribution in [0.1, 0.15) is 11.9 Å². The van der Waals surface area contributed by atoms with E-state index in [0.717, 1.165) is 15.8 Å². The lowest BCUT2D eigenvalue weighted by Crippen LogP contribution is -2.04. The van der Waals surface area contributed by atoms with Gasteiger partial charge in [0.1, 0.15) is 11.5 Å². The summed E-state index contributed by atoms with van der Waals surface area (Å²) in [6.07, 6.45) is -0.408. The maximum Gasteiger partial charge on any atom is 0.184 e. The minimum atomic E-state index is -0.408. The minimum absolute atomic E-state index is 0.408. The second-order valence-electron chi connectivity index (χ2n) is 4.04. The van der Waals surface area contributed by atoms with Crippen LogP contribution < -0.4 is 4.74 Å². The van der Waals surface area contributed by atoms with Crippen LogP contribution in [0.4, 0.5) is 0 Å². The highest BCUT2D eigenvalue weighted by Crippen LogP contribution is 2.32. The largest absolute Gasteiger partial charge is 0.457 e. The Balaban J connectivity index is 2.18. The van der Waals surface area contributed by atoms with E-state index in [2.05, 4.69) is 15.9 Å². The number of methoxy groups -OCH3 is 2.